The first-order valence-corrected chi connectivity index (χ1v) is 7.47. The van der Waals surface area contributed by atoms with Gasteiger partial charge in [0.05, 0.1) is 32.4 Å². The molecular formula is C18H19NO4. The van der Waals surface area contributed by atoms with Crippen LogP contribution in [-0.2, 0) is 0 Å². The summed E-state index contributed by atoms with van der Waals surface area (Å²) >= 11 is 0. The standard InChI is InChI=1S/C18H19NO4/c1-21-12-7-8-16(22-2)14(11-12)18(20)19-15-9-10-23-17-6-4-3-5-13(15)17/h3-8,11,15H,9-10H2,1-2H3,(H,19,20). The predicted molar refractivity (Wildman–Crippen MR) is 86.3 cm³/mol. The van der Waals surface area contributed by atoms with E-state index in [2.05, 4.69) is 5.32 Å². The Morgan fingerprint density at radius 3 is 2.78 bits per heavy atom. The lowest BCUT2D eigenvalue weighted by molar-refractivity contribution is 0.0921. The zero-order valence-electron chi connectivity index (χ0n) is 13.2. The largest absolute Gasteiger partial charge is 0.497 e. The molecule has 0 aliphatic carbocycles. The average Bonchev–Trinajstić information content (AvgIpc) is 2.61. The normalized spacial score (nSPS) is 16.0. The summed E-state index contributed by atoms with van der Waals surface area (Å²) in [7, 11) is 3.11. The van der Waals surface area contributed by atoms with Crippen molar-refractivity contribution >= 4 is 5.91 Å². The van der Waals surface area contributed by atoms with Crippen LogP contribution in [0.3, 0.4) is 0 Å². The molecule has 1 unspecified atom stereocenters. The first-order valence-electron chi connectivity index (χ1n) is 7.47. The van der Waals surface area contributed by atoms with E-state index in [1.165, 1.54) is 0 Å². The summed E-state index contributed by atoms with van der Waals surface area (Å²) in [5.74, 6) is 1.76. The number of carbonyl (C=O) groups is 1. The van der Waals surface area contributed by atoms with Crippen molar-refractivity contribution in [3.8, 4) is 17.2 Å². The molecule has 1 aliphatic rings. The molecular weight excluding hydrogens is 294 g/mol. The number of hydrogen-bond acceptors (Lipinski definition) is 4. The van der Waals surface area contributed by atoms with Gasteiger partial charge in [-0.05, 0) is 24.3 Å². The lowest BCUT2D eigenvalue weighted by Crippen LogP contribution is -2.32. The molecule has 1 aliphatic heterocycles. The van der Waals surface area contributed by atoms with Crippen LogP contribution in [0, 0.1) is 0 Å². The third kappa shape index (κ3) is 3.08. The fourth-order valence-electron chi connectivity index (χ4n) is 2.72. The number of fused-ring (bicyclic) bond motifs is 1. The van der Waals surface area contributed by atoms with Gasteiger partial charge in [-0.15, -0.1) is 0 Å². The Labute approximate surface area is 135 Å². The van der Waals surface area contributed by atoms with E-state index in [1.54, 1.807) is 32.4 Å². The highest BCUT2D eigenvalue weighted by molar-refractivity contribution is 5.97. The van der Waals surface area contributed by atoms with Crippen LogP contribution in [0.5, 0.6) is 17.2 Å². The molecule has 1 heterocycles. The predicted octanol–water partition coefficient (Wildman–Crippen LogP) is 2.96. The van der Waals surface area contributed by atoms with Crippen molar-refractivity contribution in [1.29, 1.82) is 0 Å². The molecule has 0 saturated heterocycles. The van der Waals surface area contributed by atoms with E-state index in [0.717, 1.165) is 17.7 Å². The van der Waals surface area contributed by atoms with Crippen molar-refractivity contribution in [3.63, 3.8) is 0 Å². The smallest absolute Gasteiger partial charge is 0.255 e. The van der Waals surface area contributed by atoms with Crippen molar-refractivity contribution in [2.24, 2.45) is 0 Å². The summed E-state index contributed by atoms with van der Waals surface area (Å²) < 4.78 is 16.1. The number of amides is 1. The third-order valence-corrected chi connectivity index (χ3v) is 3.92. The number of nitrogens with one attached hydrogen (secondary N) is 1. The summed E-state index contributed by atoms with van der Waals surface area (Å²) in [4.78, 5) is 12.7. The lowest BCUT2D eigenvalue weighted by atomic mass is 10.00. The highest BCUT2D eigenvalue weighted by Crippen LogP contribution is 2.32. The van der Waals surface area contributed by atoms with Gasteiger partial charge in [-0.3, -0.25) is 4.79 Å². The van der Waals surface area contributed by atoms with Crippen molar-refractivity contribution in [2.45, 2.75) is 12.5 Å². The zero-order chi connectivity index (χ0) is 16.2. The van der Waals surface area contributed by atoms with Gasteiger partial charge < -0.3 is 19.5 Å². The highest BCUT2D eigenvalue weighted by atomic mass is 16.5. The Morgan fingerprint density at radius 1 is 1.17 bits per heavy atom. The van der Waals surface area contributed by atoms with Gasteiger partial charge in [0.25, 0.3) is 5.91 Å². The second-order valence-corrected chi connectivity index (χ2v) is 5.27. The van der Waals surface area contributed by atoms with Gasteiger partial charge in [0, 0.05) is 12.0 Å². The van der Waals surface area contributed by atoms with E-state index in [-0.39, 0.29) is 11.9 Å². The molecule has 3 rings (SSSR count). The van der Waals surface area contributed by atoms with Crippen molar-refractivity contribution in [1.82, 2.24) is 5.32 Å². The second kappa shape index (κ2) is 6.60. The maximum atomic E-state index is 12.7. The van der Waals surface area contributed by atoms with E-state index in [9.17, 15) is 4.79 Å². The molecule has 5 nitrogen and oxygen atoms in total. The number of benzene rings is 2. The molecule has 0 fully saturated rings. The van der Waals surface area contributed by atoms with Gasteiger partial charge in [-0.2, -0.15) is 0 Å². The number of methoxy groups -OCH3 is 2. The molecule has 0 spiro atoms. The minimum atomic E-state index is -0.192. The first kappa shape index (κ1) is 15.2. The van der Waals surface area contributed by atoms with Crippen molar-refractivity contribution < 1.29 is 19.0 Å². The van der Waals surface area contributed by atoms with Gasteiger partial charge in [0.15, 0.2) is 0 Å². The van der Waals surface area contributed by atoms with Gasteiger partial charge in [-0.1, -0.05) is 18.2 Å². The van der Waals surface area contributed by atoms with Crippen LogP contribution in [-0.4, -0.2) is 26.7 Å². The molecule has 120 valence electrons. The van der Waals surface area contributed by atoms with E-state index in [4.69, 9.17) is 14.2 Å². The number of para-hydroxylation sites is 1. The summed E-state index contributed by atoms with van der Waals surface area (Å²) in [6.07, 6.45) is 0.731. The van der Waals surface area contributed by atoms with Crippen LogP contribution in [0.4, 0.5) is 0 Å². The van der Waals surface area contributed by atoms with Crippen molar-refractivity contribution in [3.05, 3.63) is 53.6 Å². The van der Waals surface area contributed by atoms with E-state index < -0.39 is 0 Å². The molecule has 1 amide bonds. The maximum Gasteiger partial charge on any atom is 0.255 e. The van der Waals surface area contributed by atoms with Crippen molar-refractivity contribution in [2.75, 3.05) is 20.8 Å². The number of rotatable bonds is 4. The number of ether oxygens (including phenoxy) is 3. The Balaban J connectivity index is 1.86. The summed E-state index contributed by atoms with van der Waals surface area (Å²) in [5.41, 5.74) is 1.45. The van der Waals surface area contributed by atoms with E-state index >= 15 is 0 Å². The van der Waals surface area contributed by atoms with E-state index in [0.29, 0.717) is 23.7 Å². The molecule has 0 aromatic heterocycles. The topological polar surface area (TPSA) is 56.8 Å². The van der Waals surface area contributed by atoms with Crippen LogP contribution in [0.1, 0.15) is 28.4 Å². The second-order valence-electron chi connectivity index (χ2n) is 5.27. The molecule has 23 heavy (non-hydrogen) atoms. The molecule has 0 bridgehead atoms. The van der Waals surface area contributed by atoms with Crippen LogP contribution >= 0.6 is 0 Å². The van der Waals surface area contributed by atoms with Gasteiger partial charge >= 0.3 is 0 Å². The minimum Gasteiger partial charge on any atom is -0.497 e. The number of carbonyl (C=O) groups excluding carboxylic acids is 1. The number of hydrogen-bond donors (Lipinski definition) is 1. The van der Waals surface area contributed by atoms with Gasteiger partial charge in [-0.25, -0.2) is 0 Å². The molecule has 1 N–H and O–H groups in total. The van der Waals surface area contributed by atoms with Crippen LogP contribution < -0.4 is 19.5 Å². The summed E-state index contributed by atoms with van der Waals surface area (Å²) in [6.45, 7) is 0.581. The maximum absolute atomic E-state index is 12.7. The fraction of sp³-hybridized carbons (Fsp3) is 0.278. The highest BCUT2D eigenvalue weighted by Gasteiger charge is 2.24. The van der Waals surface area contributed by atoms with Gasteiger partial charge in [0.2, 0.25) is 0 Å². The van der Waals surface area contributed by atoms with Gasteiger partial charge in [0.1, 0.15) is 17.2 Å². The van der Waals surface area contributed by atoms with Crippen LogP contribution in [0.15, 0.2) is 42.5 Å². The monoisotopic (exact) mass is 313 g/mol. The molecule has 1 atom stereocenters. The molecule has 2 aromatic carbocycles. The molecule has 5 heteroatoms. The summed E-state index contributed by atoms with van der Waals surface area (Å²) in [6, 6.07) is 12.8. The first-order chi connectivity index (χ1) is 11.2. The molecule has 0 saturated carbocycles. The van der Waals surface area contributed by atoms with Crippen LogP contribution in [0.25, 0.3) is 0 Å². The average molecular weight is 313 g/mol. The fourth-order valence-corrected chi connectivity index (χ4v) is 2.72. The summed E-state index contributed by atoms with van der Waals surface area (Å²) in [5, 5.41) is 3.06. The van der Waals surface area contributed by atoms with Crippen LogP contribution in [0.2, 0.25) is 0 Å². The van der Waals surface area contributed by atoms with E-state index in [1.807, 2.05) is 24.3 Å². The quantitative estimate of drug-likeness (QED) is 0.943. The Morgan fingerprint density at radius 2 is 2.00 bits per heavy atom. The SMILES string of the molecule is COc1ccc(OC)c(C(=O)NC2CCOc3ccccc32)c1. The minimum absolute atomic E-state index is 0.0802. The molecule has 0 radical (unpaired) electrons. The zero-order valence-corrected chi connectivity index (χ0v) is 13.2. The Bertz CT molecular complexity index is 714. The lowest BCUT2D eigenvalue weighted by Gasteiger charge is -2.26. The third-order valence-electron chi connectivity index (χ3n) is 3.92. The Hall–Kier alpha value is -2.69. The molecule has 2 aromatic rings. The Kier molecular flexibility index (Phi) is 4.37.